The van der Waals surface area contributed by atoms with Crippen LogP contribution in [0.5, 0.6) is 0 Å². The van der Waals surface area contributed by atoms with Gasteiger partial charge >= 0.3 is 5.97 Å². The minimum atomic E-state index is -1.01. The minimum Gasteiger partial charge on any atom is -0.477 e. The average Bonchev–Trinajstić information content (AvgIpc) is 2.83. The Hall–Kier alpha value is -1.78. The lowest BCUT2D eigenvalue weighted by molar-refractivity contribution is -0.134. The van der Waals surface area contributed by atoms with Crippen LogP contribution in [0.3, 0.4) is 0 Å². The molecular formula is C13H18N2O3. The van der Waals surface area contributed by atoms with Crippen LogP contribution in [0.4, 0.5) is 0 Å². The zero-order valence-electron chi connectivity index (χ0n) is 10.7. The van der Waals surface area contributed by atoms with E-state index in [0.717, 1.165) is 19.4 Å². The molecule has 0 aliphatic carbocycles. The molecule has 5 heteroatoms. The second-order valence-corrected chi connectivity index (χ2v) is 5.29. The lowest BCUT2D eigenvalue weighted by Gasteiger charge is -2.31. The molecule has 0 spiro atoms. The highest BCUT2D eigenvalue weighted by molar-refractivity contribution is 5.87. The Labute approximate surface area is 106 Å². The first kappa shape index (κ1) is 12.7. The molecule has 1 aromatic heterocycles. The highest BCUT2D eigenvalue weighted by atomic mass is 16.4. The van der Waals surface area contributed by atoms with Crippen LogP contribution in [-0.2, 0) is 11.3 Å². The number of carboxylic acid groups (broad SMARTS) is 1. The van der Waals surface area contributed by atoms with Crippen LogP contribution in [0, 0.1) is 0 Å². The van der Waals surface area contributed by atoms with Crippen molar-refractivity contribution in [2.24, 2.45) is 0 Å². The molecule has 2 rings (SSSR count). The molecule has 1 aliphatic rings. The fourth-order valence-electron chi connectivity index (χ4n) is 2.55. The SMILES string of the molecule is CC1(C)CCCN1C(=O)Cn1cccc1C(=O)O. The van der Waals surface area contributed by atoms with Gasteiger partial charge in [0.2, 0.25) is 5.91 Å². The summed E-state index contributed by atoms with van der Waals surface area (Å²) in [5.74, 6) is -1.02. The van der Waals surface area contributed by atoms with E-state index in [2.05, 4.69) is 0 Å². The predicted octanol–water partition coefficient (Wildman–Crippen LogP) is 1.59. The normalized spacial score (nSPS) is 18.0. The van der Waals surface area contributed by atoms with Gasteiger partial charge in [-0.3, -0.25) is 4.79 Å². The second kappa shape index (κ2) is 4.48. The van der Waals surface area contributed by atoms with Crippen molar-refractivity contribution in [3.8, 4) is 0 Å². The number of nitrogens with zero attached hydrogens (tertiary/aromatic N) is 2. The Morgan fingerprint density at radius 2 is 2.17 bits per heavy atom. The third-order valence-corrected chi connectivity index (χ3v) is 3.56. The van der Waals surface area contributed by atoms with Crippen molar-refractivity contribution < 1.29 is 14.7 Å². The molecule has 0 bridgehead atoms. The van der Waals surface area contributed by atoms with Gasteiger partial charge in [0.15, 0.2) is 0 Å². The monoisotopic (exact) mass is 250 g/mol. The molecule has 1 N–H and O–H groups in total. The Bertz CT molecular complexity index is 476. The van der Waals surface area contributed by atoms with Crippen LogP contribution in [0.2, 0.25) is 0 Å². The van der Waals surface area contributed by atoms with Crippen LogP contribution in [0.1, 0.15) is 37.2 Å². The Balaban J connectivity index is 2.12. The summed E-state index contributed by atoms with van der Waals surface area (Å²) in [6.07, 6.45) is 3.64. The van der Waals surface area contributed by atoms with Crippen molar-refractivity contribution in [3.05, 3.63) is 24.0 Å². The zero-order valence-corrected chi connectivity index (χ0v) is 10.7. The van der Waals surface area contributed by atoms with Gasteiger partial charge in [0, 0.05) is 18.3 Å². The summed E-state index contributed by atoms with van der Waals surface area (Å²) < 4.78 is 1.49. The highest BCUT2D eigenvalue weighted by Gasteiger charge is 2.35. The largest absolute Gasteiger partial charge is 0.477 e. The fraction of sp³-hybridized carbons (Fsp3) is 0.538. The number of aromatic nitrogens is 1. The maximum atomic E-state index is 12.2. The summed E-state index contributed by atoms with van der Waals surface area (Å²) in [5.41, 5.74) is 0.0357. The number of carbonyl (C=O) groups excluding carboxylic acids is 1. The molecule has 18 heavy (non-hydrogen) atoms. The summed E-state index contributed by atoms with van der Waals surface area (Å²) in [6, 6.07) is 3.15. The Kier molecular flexibility index (Phi) is 3.15. The molecule has 0 radical (unpaired) electrons. The van der Waals surface area contributed by atoms with E-state index in [4.69, 9.17) is 5.11 Å². The first-order chi connectivity index (χ1) is 8.42. The first-order valence-corrected chi connectivity index (χ1v) is 6.11. The van der Waals surface area contributed by atoms with Gasteiger partial charge < -0.3 is 14.6 Å². The summed E-state index contributed by atoms with van der Waals surface area (Å²) in [6.45, 7) is 4.95. The molecule has 1 saturated heterocycles. The molecule has 0 saturated carbocycles. The number of aromatic carboxylic acids is 1. The standard InChI is InChI=1S/C13H18N2O3/c1-13(2)6-4-8-15(13)11(16)9-14-7-3-5-10(14)12(17)18/h3,5,7H,4,6,8-9H2,1-2H3,(H,17,18). The van der Waals surface area contributed by atoms with Gasteiger partial charge in [-0.2, -0.15) is 0 Å². The summed E-state index contributed by atoms with van der Waals surface area (Å²) in [7, 11) is 0. The second-order valence-electron chi connectivity index (χ2n) is 5.29. The van der Waals surface area contributed by atoms with Crippen LogP contribution in [0.25, 0.3) is 0 Å². The molecule has 0 unspecified atom stereocenters. The summed E-state index contributed by atoms with van der Waals surface area (Å²) in [4.78, 5) is 25.0. The molecule has 1 amide bonds. The molecule has 0 aromatic carbocycles. The van der Waals surface area contributed by atoms with Gasteiger partial charge in [0.1, 0.15) is 12.2 Å². The smallest absolute Gasteiger partial charge is 0.352 e. The van der Waals surface area contributed by atoms with Crippen molar-refractivity contribution in [1.82, 2.24) is 9.47 Å². The molecular weight excluding hydrogens is 232 g/mol. The number of amides is 1. The molecule has 1 aromatic rings. The third kappa shape index (κ3) is 2.25. The number of likely N-dealkylation sites (tertiary alicyclic amines) is 1. The molecule has 5 nitrogen and oxygen atoms in total. The third-order valence-electron chi connectivity index (χ3n) is 3.56. The molecule has 98 valence electrons. The van der Waals surface area contributed by atoms with Crippen molar-refractivity contribution in [2.45, 2.75) is 38.8 Å². The van der Waals surface area contributed by atoms with Gasteiger partial charge in [-0.1, -0.05) is 0 Å². The number of carbonyl (C=O) groups is 2. The van der Waals surface area contributed by atoms with E-state index in [1.807, 2.05) is 18.7 Å². The lowest BCUT2D eigenvalue weighted by atomic mass is 10.0. The van der Waals surface area contributed by atoms with Gasteiger partial charge in [-0.05, 0) is 38.8 Å². The molecule has 2 heterocycles. The zero-order chi connectivity index (χ0) is 13.3. The van der Waals surface area contributed by atoms with E-state index in [1.165, 1.54) is 10.6 Å². The number of rotatable bonds is 3. The van der Waals surface area contributed by atoms with Crippen molar-refractivity contribution >= 4 is 11.9 Å². The highest BCUT2D eigenvalue weighted by Crippen LogP contribution is 2.28. The molecule has 1 fully saturated rings. The van der Waals surface area contributed by atoms with Gasteiger partial charge in [0.25, 0.3) is 0 Å². The van der Waals surface area contributed by atoms with Gasteiger partial charge in [-0.25, -0.2) is 4.79 Å². The topological polar surface area (TPSA) is 62.5 Å². The van der Waals surface area contributed by atoms with Crippen LogP contribution in [0.15, 0.2) is 18.3 Å². The van der Waals surface area contributed by atoms with E-state index in [0.29, 0.717) is 0 Å². The Morgan fingerprint density at radius 3 is 2.72 bits per heavy atom. The maximum absolute atomic E-state index is 12.2. The first-order valence-electron chi connectivity index (χ1n) is 6.11. The minimum absolute atomic E-state index is 0.0174. The number of carboxylic acids is 1. The number of hydrogen-bond donors (Lipinski definition) is 1. The predicted molar refractivity (Wildman–Crippen MR) is 66.4 cm³/mol. The lowest BCUT2D eigenvalue weighted by Crippen LogP contribution is -2.44. The van der Waals surface area contributed by atoms with Gasteiger partial charge in [-0.15, -0.1) is 0 Å². The van der Waals surface area contributed by atoms with Crippen LogP contribution < -0.4 is 0 Å². The average molecular weight is 250 g/mol. The van der Waals surface area contributed by atoms with Crippen molar-refractivity contribution in [2.75, 3.05) is 6.54 Å². The van der Waals surface area contributed by atoms with E-state index in [1.54, 1.807) is 12.3 Å². The fourth-order valence-corrected chi connectivity index (χ4v) is 2.55. The van der Waals surface area contributed by atoms with Crippen LogP contribution in [-0.4, -0.2) is 38.5 Å². The molecule has 0 atom stereocenters. The van der Waals surface area contributed by atoms with E-state index in [-0.39, 0.29) is 23.7 Å². The van der Waals surface area contributed by atoms with Crippen LogP contribution >= 0.6 is 0 Å². The number of hydrogen-bond acceptors (Lipinski definition) is 2. The maximum Gasteiger partial charge on any atom is 0.352 e. The molecule has 1 aliphatic heterocycles. The summed E-state index contributed by atoms with van der Waals surface area (Å²) >= 11 is 0. The van der Waals surface area contributed by atoms with E-state index >= 15 is 0 Å². The van der Waals surface area contributed by atoms with Crippen molar-refractivity contribution in [1.29, 1.82) is 0 Å². The van der Waals surface area contributed by atoms with E-state index in [9.17, 15) is 9.59 Å². The summed E-state index contributed by atoms with van der Waals surface area (Å²) in [5, 5.41) is 8.99. The van der Waals surface area contributed by atoms with Crippen molar-refractivity contribution in [3.63, 3.8) is 0 Å². The Morgan fingerprint density at radius 1 is 1.44 bits per heavy atom. The van der Waals surface area contributed by atoms with Gasteiger partial charge in [0.05, 0.1) is 0 Å². The van der Waals surface area contributed by atoms with E-state index < -0.39 is 5.97 Å². The quantitative estimate of drug-likeness (QED) is 0.886.